The Hall–Kier alpha value is -3.21. The average Bonchev–Trinajstić information content (AvgIpc) is 2.85. The van der Waals surface area contributed by atoms with Gasteiger partial charge in [-0.1, -0.05) is 47.6 Å². The molecule has 6 nitrogen and oxygen atoms in total. The second kappa shape index (κ2) is 11.0. The van der Waals surface area contributed by atoms with E-state index in [4.69, 9.17) is 16.3 Å². The second-order valence-corrected chi connectivity index (χ2v) is 9.77. The minimum Gasteiger partial charge on any atom is -0.494 e. The summed E-state index contributed by atoms with van der Waals surface area (Å²) in [5.74, 6) is 0.0419. The summed E-state index contributed by atoms with van der Waals surface area (Å²) in [6, 6.07) is 15.2. The Bertz CT molecular complexity index is 1280. The van der Waals surface area contributed by atoms with E-state index in [9.17, 15) is 14.9 Å². The zero-order valence-corrected chi connectivity index (χ0v) is 21.2. The van der Waals surface area contributed by atoms with Crippen LogP contribution in [0.3, 0.4) is 0 Å². The van der Waals surface area contributed by atoms with E-state index < -0.39 is 5.92 Å². The van der Waals surface area contributed by atoms with Crippen molar-refractivity contribution in [3.05, 3.63) is 80.5 Å². The third-order valence-corrected chi connectivity index (χ3v) is 7.27. The van der Waals surface area contributed by atoms with Crippen LogP contribution in [0, 0.1) is 18.3 Å². The highest BCUT2D eigenvalue weighted by Gasteiger charge is 2.38. The molecule has 2 aromatic rings. The summed E-state index contributed by atoms with van der Waals surface area (Å²) < 4.78 is 5.85. The van der Waals surface area contributed by atoms with Gasteiger partial charge in [0.1, 0.15) is 5.75 Å². The first-order valence-electron chi connectivity index (χ1n) is 11.5. The third-order valence-electron chi connectivity index (χ3n) is 6.01. The first-order valence-corrected chi connectivity index (χ1v) is 12.9. The van der Waals surface area contributed by atoms with Crippen LogP contribution in [0.4, 0.5) is 5.69 Å². The van der Waals surface area contributed by atoms with Gasteiger partial charge >= 0.3 is 0 Å². The van der Waals surface area contributed by atoms with Crippen molar-refractivity contribution in [2.45, 2.75) is 39.0 Å². The Morgan fingerprint density at radius 3 is 2.86 bits per heavy atom. The molecule has 1 amide bonds. The predicted molar refractivity (Wildman–Crippen MR) is 139 cm³/mol. The van der Waals surface area contributed by atoms with E-state index in [1.54, 1.807) is 12.1 Å². The normalized spacial score (nSPS) is 17.4. The fourth-order valence-electron chi connectivity index (χ4n) is 4.41. The van der Waals surface area contributed by atoms with E-state index >= 15 is 0 Å². The van der Waals surface area contributed by atoms with E-state index in [0.29, 0.717) is 52.1 Å². The van der Waals surface area contributed by atoms with Gasteiger partial charge in [-0.25, -0.2) is 0 Å². The van der Waals surface area contributed by atoms with Gasteiger partial charge in [-0.3, -0.25) is 9.59 Å². The van der Waals surface area contributed by atoms with Crippen LogP contribution in [-0.4, -0.2) is 24.1 Å². The summed E-state index contributed by atoms with van der Waals surface area (Å²) in [7, 11) is 0. The summed E-state index contributed by atoms with van der Waals surface area (Å²) in [4.78, 5) is 25.8. The fourth-order valence-corrected chi connectivity index (χ4v) is 5.44. The van der Waals surface area contributed by atoms with Crippen molar-refractivity contribution in [1.29, 1.82) is 5.26 Å². The van der Waals surface area contributed by atoms with Gasteiger partial charge in [-0.2, -0.15) is 5.26 Å². The molecular weight excluding hydrogens is 482 g/mol. The fraction of sp³-hybridized carbons (Fsp3) is 0.296. The summed E-state index contributed by atoms with van der Waals surface area (Å²) in [6.45, 7) is 4.27. The molecule has 0 spiro atoms. The maximum absolute atomic E-state index is 13.0. The number of ketones is 1. The molecule has 0 bridgehead atoms. The van der Waals surface area contributed by atoms with E-state index in [2.05, 4.69) is 16.7 Å². The number of carbonyl (C=O) groups excluding carboxylic acids is 2. The average molecular weight is 508 g/mol. The Labute approximate surface area is 214 Å². The zero-order valence-electron chi connectivity index (χ0n) is 19.6. The van der Waals surface area contributed by atoms with Crippen molar-refractivity contribution >= 4 is 40.7 Å². The molecule has 1 aliphatic heterocycles. The maximum Gasteiger partial charge on any atom is 0.234 e. The molecule has 0 fully saturated rings. The SMILES string of the molecule is CCOc1ccccc1[C@H]1C(C#N)=C(SCC(=O)Nc2cc(Cl)ccc2C)NC2=C1C(=O)CCC2. The van der Waals surface area contributed by atoms with E-state index in [1.807, 2.05) is 44.2 Å². The number of allylic oxidation sites excluding steroid dienone is 3. The van der Waals surface area contributed by atoms with Gasteiger partial charge in [0.05, 0.1) is 34.9 Å². The number of carbonyl (C=O) groups is 2. The van der Waals surface area contributed by atoms with Gasteiger partial charge in [-0.15, -0.1) is 0 Å². The van der Waals surface area contributed by atoms with Crippen LogP contribution in [-0.2, 0) is 9.59 Å². The highest BCUT2D eigenvalue weighted by molar-refractivity contribution is 8.03. The number of ether oxygens (including phenoxy) is 1. The molecule has 1 aliphatic carbocycles. The van der Waals surface area contributed by atoms with E-state index in [-0.39, 0.29) is 17.4 Å². The van der Waals surface area contributed by atoms with Crippen molar-refractivity contribution in [3.8, 4) is 11.8 Å². The minimum atomic E-state index is -0.535. The molecule has 2 N–H and O–H groups in total. The lowest BCUT2D eigenvalue weighted by Gasteiger charge is -2.33. The first-order chi connectivity index (χ1) is 16.9. The van der Waals surface area contributed by atoms with Crippen molar-refractivity contribution < 1.29 is 14.3 Å². The molecule has 35 heavy (non-hydrogen) atoms. The summed E-state index contributed by atoms with van der Waals surface area (Å²) >= 11 is 7.33. The Morgan fingerprint density at radius 1 is 1.29 bits per heavy atom. The van der Waals surface area contributed by atoms with Crippen molar-refractivity contribution in [1.82, 2.24) is 5.32 Å². The standard InChI is InChI=1S/C27H26ClN3O3S/c1-3-34-23-10-5-4-7-18(23)25-19(14-29)27(31-20-8-6-9-22(32)26(20)25)35-15-24(33)30-21-13-17(28)12-11-16(21)2/h4-5,7,10-13,25,31H,3,6,8-9,15H2,1-2H3,(H,30,33)/t25-/m0/s1. The third kappa shape index (κ3) is 5.39. The number of hydrogen-bond acceptors (Lipinski definition) is 6. The topological polar surface area (TPSA) is 91.2 Å². The van der Waals surface area contributed by atoms with Gasteiger partial charge in [-0.05, 0) is 50.5 Å². The number of para-hydroxylation sites is 1. The minimum absolute atomic E-state index is 0.0426. The van der Waals surface area contributed by atoms with E-state index in [1.165, 1.54) is 11.8 Å². The highest BCUT2D eigenvalue weighted by atomic mass is 35.5. The summed E-state index contributed by atoms with van der Waals surface area (Å²) in [5, 5.41) is 17.5. The molecule has 0 saturated heterocycles. The number of dihydropyridines is 1. The summed E-state index contributed by atoms with van der Waals surface area (Å²) in [6.07, 6.45) is 1.92. The Balaban J connectivity index is 1.66. The lowest BCUT2D eigenvalue weighted by atomic mass is 9.76. The van der Waals surface area contributed by atoms with Crippen LogP contribution in [0.5, 0.6) is 5.75 Å². The highest BCUT2D eigenvalue weighted by Crippen LogP contribution is 2.46. The number of thioether (sulfide) groups is 1. The van der Waals surface area contributed by atoms with Crippen LogP contribution in [0.2, 0.25) is 5.02 Å². The monoisotopic (exact) mass is 507 g/mol. The van der Waals surface area contributed by atoms with Crippen molar-refractivity contribution in [3.63, 3.8) is 0 Å². The molecule has 8 heteroatoms. The van der Waals surface area contributed by atoms with Gasteiger partial charge in [0.15, 0.2) is 5.78 Å². The lowest BCUT2D eigenvalue weighted by molar-refractivity contribution is -0.116. The molecule has 1 atom stereocenters. The smallest absolute Gasteiger partial charge is 0.234 e. The number of Topliss-reactive ketones (excluding diaryl/α,β-unsaturated/α-hetero) is 1. The molecule has 0 saturated carbocycles. The Kier molecular flexibility index (Phi) is 7.84. The molecule has 2 aromatic carbocycles. The van der Waals surface area contributed by atoms with Crippen LogP contribution in [0.25, 0.3) is 0 Å². The molecule has 2 aliphatic rings. The molecule has 1 heterocycles. The predicted octanol–water partition coefficient (Wildman–Crippen LogP) is 5.85. The van der Waals surface area contributed by atoms with Crippen molar-refractivity contribution in [2.75, 3.05) is 17.7 Å². The van der Waals surface area contributed by atoms with Crippen LogP contribution in [0.15, 0.2) is 64.3 Å². The molecule has 4 rings (SSSR count). The number of rotatable bonds is 7. The lowest BCUT2D eigenvalue weighted by Crippen LogP contribution is -2.32. The van der Waals surface area contributed by atoms with Gasteiger partial charge < -0.3 is 15.4 Å². The van der Waals surface area contributed by atoms with E-state index in [0.717, 1.165) is 23.2 Å². The number of amides is 1. The van der Waals surface area contributed by atoms with Gasteiger partial charge in [0.2, 0.25) is 5.91 Å². The van der Waals surface area contributed by atoms with Crippen molar-refractivity contribution in [2.24, 2.45) is 0 Å². The molecule has 0 aromatic heterocycles. The molecular formula is C27H26ClN3O3S. The Morgan fingerprint density at radius 2 is 2.09 bits per heavy atom. The van der Waals surface area contributed by atoms with Crippen LogP contribution < -0.4 is 15.4 Å². The maximum atomic E-state index is 13.0. The molecule has 0 radical (unpaired) electrons. The van der Waals surface area contributed by atoms with Crippen LogP contribution in [0.1, 0.15) is 43.2 Å². The molecule has 0 unspecified atom stereocenters. The zero-order chi connectivity index (χ0) is 24.9. The number of aryl methyl sites for hydroxylation is 1. The summed E-state index contributed by atoms with van der Waals surface area (Å²) in [5.41, 5.74) is 4.22. The number of nitrogens with one attached hydrogen (secondary N) is 2. The largest absolute Gasteiger partial charge is 0.494 e. The van der Waals surface area contributed by atoms with Crippen LogP contribution >= 0.6 is 23.4 Å². The molecule has 180 valence electrons. The first kappa shape index (κ1) is 24.9. The number of benzene rings is 2. The quantitative estimate of drug-likeness (QED) is 0.488. The number of halogens is 1. The number of hydrogen-bond donors (Lipinski definition) is 2. The number of nitrogens with zero attached hydrogens (tertiary/aromatic N) is 1. The van der Waals surface area contributed by atoms with Gasteiger partial charge in [0.25, 0.3) is 0 Å². The second-order valence-electron chi connectivity index (χ2n) is 8.35. The number of nitriles is 1. The number of anilines is 1. The van der Waals surface area contributed by atoms with Gasteiger partial charge in [0, 0.05) is 34.0 Å².